The standard InChI is InChI=1S/C26H33Cl2N3O6S/c1-17(26(33)29-20-7-5-6-8-20)30(15-18-9-10-19(27)13-22(18)28)25(32)16-31(38(4,34)35)21-11-12-23(36-2)24(14-21)37-3/h9-14,17,20H,5-8,15-16H2,1-4H3,(H,29,33)/t17-/m0/s1. The number of sulfonamides is 1. The molecule has 0 bridgehead atoms. The van der Waals surface area contributed by atoms with Crippen LogP contribution in [-0.4, -0.2) is 64.2 Å². The van der Waals surface area contributed by atoms with Crippen molar-refractivity contribution in [3.05, 3.63) is 52.0 Å². The lowest BCUT2D eigenvalue weighted by Crippen LogP contribution is -2.52. The van der Waals surface area contributed by atoms with Gasteiger partial charge < -0.3 is 19.7 Å². The molecule has 0 radical (unpaired) electrons. The molecule has 1 fully saturated rings. The molecule has 1 aliphatic rings. The van der Waals surface area contributed by atoms with Crippen LogP contribution in [0.25, 0.3) is 0 Å². The van der Waals surface area contributed by atoms with E-state index >= 15 is 0 Å². The first-order valence-corrected chi connectivity index (χ1v) is 14.8. The number of hydrogen-bond donors (Lipinski definition) is 1. The molecular weight excluding hydrogens is 553 g/mol. The number of benzene rings is 2. The zero-order valence-electron chi connectivity index (χ0n) is 21.9. The summed E-state index contributed by atoms with van der Waals surface area (Å²) in [5, 5.41) is 3.78. The van der Waals surface area contributed by atoms with Gasteiger partial charge in [-0.2, -0.15) is 0 Å². The van der Waals surface area contributed by atoms with Crippen molar-refractivity contribution in [1.29, 1.82) is 0 Å². The Morgan fingerprint density at radius 3 is 2.29 bits per heavy atom. The molecule has 0 aliphatic heterocycles. The van der Waals surface area contributed by atoms with Crippen LogP contribution >= 0.6 is 23.2 Å². The summed E-state index contributed by atoms with van der Waals surface area (Å²) < 4.78 is 37.1. The highest BCUT2D eigenvalue weighted by Crippen LogP contribution is 2.32. The van der Waals surface area contributed by atoms with Crippen LogP contribution in [0.3, 0.4) is 0 Å². The molecule has 208 valence electrons. The molecule has 0 heterocycles. The summed E-state index contributed by atoms with van der Waals surface area (Å²) >= 11 is 12.4. The van der Waals surface area contributed by atoms with Gasteiger partial charge in [0.15, 0.2) is 11.5 Å². The molecule has 3 rings (SSSR count). The Kier molecular flexibility index (Phi) is 10.1. The molecule has 1 saturated carbocycles. The molecule has 0 aromatic heterocycles. The van der Waals surface area contributed by atoms with Gasteiger partial charge in [0.1, 0.15) is 12.6 Å². The summed E-state index contributed by atoms with van der Waals surface area (Å²) in [7, 11) is -1.00. The molecule has 1 atom stereocenters. The molecular formula is C26H33Cl2N3O6S. The van der Waals surface area contributed by atoms with Crippen LogP contribution in [0.4, 0.5) is 5.69 Å². The molecule has 12 heteroatoms. The molecule has 2 aromatic carbocycles. The van der Waals surface area contributed by atoms with E-state index in [0.29, 0.717) is 27.1 Å². The van der Waals surface area contributed by atoms with Crippen molar-refractivity contribution in [3.63, 3.8) is 0 Å². The number of carbonyl (C=O) groups excluding carboxylic acids is 2. The van der Waals surface area contributed by atoms with Crippen molar-refractivity contribution in [2.75, 3.05) is 31.3 Å². The van der Waals surface area contributed by atoms with Gasteiger partial charge in [0.25, 0.3) is 0 Å². The molecule has 1 aliphatic carbocycles. The SMILES string of the molecule is COc1ccc(N(CC(=O)N(Cc2ccc(Cl)cc2Cl)[C@@H](C)C(=O)NC2CCCC2)S(C)(=O)=O)cc1OC. The maximum Gasteiger partial charge on any atom is 0.244 e. The summed E-state index contributed by atoms with van der Waals surface area (Å²) in [6, 6.07) is 8.59. The monoisotopic (exact) mass is 585 g/mol. The fourth-order valence-electron chi connectivity index (χ4n) is 4.40. The van der Waals surface area contributed by atoms with E-state index in [-0.39, 0.29) is 24.2 Å². The first-order valence-electron chi connectivity index (χ1n) is 12.2. The van der Waals surface area contributed by atoms with E-state index in [9.17, 15) is 18.0 Å². The molecule has 0 spiro atoms. The van der Waals surface area contributed by atoms with Gasteiger partial charge >= 0.3 is 0 Å². The summed E-state index contributed by atoms with van der Waals surface area (Å²) in [4.78, 5) is 28.2. The molecule has 1 N–H and O–H groups in total. The molecule has 38 heavy (non-hydrogen) atoms. The van der Waals surface area contributed by atoms with E-state index < -0.39 is 28.5 Å². The fourth-order valence-corrected chi connectivity index (χ4v) is 5.71. The number of rotatable bonds is 11. The van der Waals surface area contributed by atoms with E-state index in [0.717, 1.165) is 36.2 Å². The molecule has 0 saturated heterocycles. The predicted molar refractivity (Wildman–Crippen MR) is 149 cm³/mol. The number of ether oxygens (including phenoxy) is 2. The second-order valence-electron chi connectivity index (χ2n) is 9.23. The lowest BCUT2D eigenvalue weighted by atomic mass is 10.1. The number of halogens is 2. The van der Waals surface area contributed by atoms with Crippen LogP contribution in [0.15, 0.2) is 36.4 Å². The maximum absolute atomic E-state index is 13.7. The van der Waals surface area contributed by atoms with Crippen LogP contribution < -0.4 is 19.1 Å². The molecule has 2 aromatic rings. The third kappa shape index (κ3) is 7.45. The average Bonchev–Trinajstić information content (AvgIpc) is 3.38. The van der Waals surface area contributed by atoms with Crippen molar-refractivity contribution in [1.82, 2.24) is 10.2 Å². The number of anilines is 1. The van der Waals surface area contributed by atoms with Gasteiger partial charge in [-0.3, -0.25) is 13.9 Å². The number of nitrogens with zero attached hydrogens (tertiary/aromatic N) is 2. The van der Waals surface area contributed by atoms with E-state index in [1.54, 1.807) is 31.2 Å². The van der Waals surface area contributed by atoms with E-state index in [2.05, 4.69) is 5.32 Å². The van der Waals surface area contributed by atoms with Crippen LogP contribution in [0.1, 0.15) is 38.2 Å². The highest BCUT2D eigenvalue weighted by molar-refractivity contribution is 7.92. The first kappa shape index (κ1) is 29.9. The number of nitrogens with one attached hydrogen (secondary N) is 1. The van der Waals surface area contributed by atoms with Gasteiger partial charge in [0.05, 0.1) is 26.2 Å². The van der Waals surface area contributed by atoms with Gasteiger partial charge in [-0.15, -0.1) is 0 Å². The van der Waals surface area contributed by atoms with Crippen molar-refractivity contribution in [2.45, 2.75) is 51.2 Å². The topological polar surface area (TPSA) is 105 Å². The molecule has 9 nitrogen and oxygen atoms in total. The highest BCUT2D eigenvalue weighted by atomic mass is 35.5. The van der Waals surface area contributed by atoms with Crippen molar-refractivity contribution >= 4 is 50.7 Å². The average molecular weight is 587 g/mol. The Balaban J connectivity index is 1.94. The third-order valence-corrected chi connectivity index (χ3v) is 8.29. The Bertz CT molecular complexity index is 1270. The van der Waals surface area contributed by atoms with Gasteiger partial charge in [-0.1, -0.05) is 42.1 Å². The van der Waals surface area contributed by atoms with Crippen LogP contribution in [-0.2, 0) is 26.2 Å². The summed E-state index contributed by atoms with van der Waals surface area (Å²) in [6.07, 6.45) is 4.86. The summed E-state index contributed by atoms with van der Waals surface area (Å²) in [5.74, 6) is -0.176. The Morgan fingerprint density at radius 2 is 1.71 bits per heavy atom. The lowest BCUT2D eigenvalue weighted by molar-refractivity contribution is -0.139. The van der Waals surface area contributed by atoms with E-state index in [1.807, 2.05) is 0 Å². The smallest absolute Gasteiger partial charge is 0.244 e. The van der Waals surface area contributed by atoms with Crippen LogP contribution in [0, 0.1) is 0 Å². The van der Waals surface area contributed by atoms with Crippen molar-refractivity contribution < 1.29 is 27.5 Å². The van der Waals surface area contributed by atoms with Crippen molar-refractivity contribution in [3.8, 4) is 11.5 Å². The minimum Gasteiger partial charge on any atom is -0.493 e. The van der Waals surface area contributed by atoms with Gasteiger partial charge in [0.2, 0.25) is 21.8 Å². The number of amides is 2. The normalized spacial score (nSPS) is 14.6. The predicted octanol–water partition coefficient (Wildman–Crippen LogP) is 4.25. The maximum atomic E-state index is 13.7. The number of carbonyl (C=O) groups is 2. The van der Waals surface area contributed by atoms with Crippen LogP contribution in [0.2, 0.25) is 10.0 Å². The zero-order chi connectivity index (χ0) is 28.0. The van der Waals surface area contributed by atoms with Gasteiger partial charge in [-0.05, 0) is 49.6 Å². The first-order chi connectivity index (χ1) is 17.9. The van der Waals surface area contributed by atoms with E-state index in [1.165, 1.54) is 31.3 Å². The van der Waals surface area contributed by atoms with Crippen molar-refractivity contribution in [2.24, 2.45) is 0 Å². The quantitative estimate of drug-likeness (QED) is 0.422. The Morgan fingerprint density at radius 1 is 1.05 bits per heavy atom. The number of methoxy groups -OCH3 is 2. The molecule has 0 unspecified atom stereocenters. The largest absolute Gasteiger partial charge is 0.493 e. The second kappa shape index (κ2) is 12.9. The zero-order valence-corrected chi connectivity index (χ0v) is 24.2. The summed E-state index contributed by atoms with van der Waals surface area (Å²) in [6.45, 7) is 1.06. The fraction of sp³-hybridized carbons (Fsp3) is 0.462. The number of hydrogen-bond acceptors (Lipinski definition) is 6. The Hall–Kier alpha value is -2.69. The minimum absolute atomic E-state index is 0.0162. The van der Waals surface area contributed by atoms with Gasteiger partial charge in [-0.25, -0.2) is 8.42 Å². The van der Waals surface area contributed by atoms with E-state index in [4.69, 9.17) is 32.7 Å². The Labute approximate surface area is 234 Å². The molecule has 2 amide bonds. The van der Waals surface area contributed by atoms with Gasteiger partial charge in [0, 0.05) is 28.7 Å². The third-order valence-electron chi connectivity index (χ3n) is 6.56. The minimum atomic E-state index is -3.90. The summed E-state index contributed by atoms with van der Waals surface area (Å²) in [5.41, 5.74) is 0.785. The van der Waals surface area contributed by atoms with Crippen LogP contribution in [0.5, 0.6) is 11.5 Å². The lowest BCUT2D eigenvalue weighted by Gasteiger charge is -2.32. The second-order valence-corrected chi connectivity index (χ2v) is 12.0. The highest BCUT2D eigenvalue weighted by Gasteiger charge is 2.32.